The molecule has 7 nitrogen and oxygen atoms in total. The summed E-state index contributed by atoms with van der Waals surface area (Å²) in [5, 5.41) is 11.0. The first-order valence-electron chi connectivity index (χ1n) is 6.48. The number of anilines is 1. The van der Waals surface area contributed by atoms with Gasteiger partial charge < -0.3 is 10.3 Å². The van der Waals surface area contributed by atoms with Crippen molar-refractivity contribution in [1.82, 2.24) is 4.90 Å². The van der Waals surface area contributed by atoms with Crippen LogP contribution in [-0.2, 0) is 0 Å². The normalized spacial score (nSPS) is 15.6. The summed E-state index contributed by atoms with van der Waals surface area (Å²) in [5.41, 5.74) is 2.71. The molecule has 3 N–H and O–H groups in total. The Labute approximate surface area is 116 Å². The fraction of sp³-hybridized carbons (Fsp3) is 0.462. The fourth-order valence-electron chi connectivity index (χ4n) is 2.23. The van der Waals surface area contributed by atoms with E-state index in [9.17, 15) is 14.9 Å². The topological polar surface area (TPSA) is 102 Å². The fourth-order valence-corrected chi connectivity index (χ4v) is 2.23. The lowest BCUT2D eigenvalue weighted by molar-refractivity contribution is -0.385. The van der Waals surface area contributed by atoms with Gasteiger partial charge in [0.25, 0.3) is 11.6 Å². The van der Waals surface area contributed by atoms with Crippen molar-refractivity contribution in [2.75, 3.05) is 12.5 Å². The average Bonchev–Trinajstić information content (AvgIpc) is 3.28. The Morgan fingerprint density at radius 2 is 2.20 bits per heavy atom. The number of hydrogen-bond acceptors (Lipinski definition) is 5. The van der Waals surface area contributed by atoms with Gasteiger partial charge in [-0.15, -0.1) is 0 Å². The van der Waals surface area contributed by atoms with Crippen LogP contribution in [0.3, 0.4) is 0 Å². The van der Waals surface area contributed by atoms with Crippen LogP contribution in [0.1, 0.15) is 30.1 Å². The van der Waals surface area contributed by atoms with E-state index < -0.39 is 4.92 Å². The number of hydrogen-bond donors (Lipinski definition) is 2. The third-order valence-corrected chi connectivity index (χ3v) is 3.83. The maximum Gasteiger partial charge on any atom is 0.282 e. The zero-order valence-electron chi connectivity index (χ0n) is 11.5. The predicted octanol–water partition coefficient (Wildman–Crippen LogP) is 1.75. The monoisotopic (exact) mass is 278 g/mol. The molecule has 20 heavy (non-hydrogen) atoms. The summed E-state index contributed by atoms with van der Waals surface area (Å²) < 4.78 is 0. The van der Waals surface area contributed by atoms with E-state index in [0.29, 0.717) is 11.6 Å². The highest BCUT2D eigenvalue weighted by atomic mass is 16.6. The van der Waals surface area contributed by atoms with Gasteiger partial charge in [0.05, 0.1) is 4.92 Å². The zero-order chi connectivity index (χ0) is 14.9. The molecule has 1 saturated carbocycles. The molecular formula is C13H18N4O3. The molecule has 0 aliphatic heterocycles. The van der Waals surface area contributed by atoms with Gasteiger partial charge >= 0.3 is 0 Å². The minimum atomic E-state index is -0.552. The minimum absolute atomic E-state index is 0.0560. The molecule has 1 unspecified atom stereocenters. The number of nitrogens with zero attached hydrogens (tertiary/aromatic N) is 2. The molecule has 0 heterocycles. The summed E-state index contributed by atoms with van der Waals surface area (Å²) >= 11 is 0. The first-order chi connectivity index (χ1) is 9.45. The van der Waals surface area contributed by atoms with Crippen LogP contribution in [0.4, 0.5) is 11.4 Å². The van der Waals surface area contributed by atoms with E-state index in [-0.39, 0.29) is 23.2 Å². The van der Waals surface area contributed by atoms with Gasteiger partial charge in [-0.1, -0.05) is 0 Å². The van der Waals surface area contributed by atoms with Crippen LogP contribution in [-0.4, -0.2) is 28.8 Å². The Hall–Kier alpha value is -2.15. The lowest BCUT2D eigenvalue weighted by atomic mass is 10.1. The summed E-state index contributed by atoms with van der Waals surface area (Å²) in [5.74, 6) is 5.44. The molecule has 0 saturated heterocycles. The number of nitrogens with one attached hydrogen (secondary N) is 1. The van der Waals surface area contributed by atoms with Gasteiger partial charge in [-0.05, 0) is 37.8 Å². The Bertz CT molecular complexity index is 542. The molecule has 1 atom stereocenters. The highest BCUT2D eigenvalue weighted by molar-refractivity contribution is 5.99. The highest BCUT2D eigenvalue weighted by Gasteiger charge is 2.34. The molecule has 0 spiro atoms. The third kappa shape index (κ3) is 2.72. The van der Waals surface area contributed by atoms with Gasteiger partial charge in [-0.3, -0.25) is 20.8 Å². The molecule has 1 aromatic rings. The maximum absolute atomic E-state index is 12.5. The van der Waals surface area contributed by atoms with Crippen LogP contribution in [0.25, 0.3) is 0 Å². The molecule has 1 amide bonds. The number of nitrogen functional groups attached to an aromatic ring is 1. The summed E-state index contributed by atoms with van der Waals surface area (Å²) in [7, 11) is 1.68. The lowest BCUT2D eigenvalue weighted by Gasteiger charge is -2.25. The minimum Gasteiger partial charge on any atom is -0.339 e. The van der Waals surface area contributed by atoms with Gasteiger partial charge in [-0.2, -0.15) is 0 Å². The first kappa shape index (κ1) is 14.3. The second kappa shape index (κ2) is 5.46. The molecule has 0 bridgehead atoms. The van der Waals surface area contributed by atoms with E-state index in [0.717, 1.165) is 12.8 Å². The molecule has 0 aromatic heterocycles. The zero-order valence-corrected chi connectivity index (χ0v) is 11.5. The SMILES string of the molecule is CC(C1CC1)N(C)C(=O)c1cc(NN)ccc1[N+](=O)[O-]. The van der Waals surface area contributed by atoms with Crippen molar-refractivity contribution >= 4 is 17.3 Å². The second-order valence-corrected chi connectivity index (χ2v) is 5.13. The second-order valence-electron chi connectivity index (χ2n) is 5.13. The summed E-state index contributed by atoms with van der Waals surface area (Å²) in [6.45, 7) is 1.96. The number of nitro benzene ring substituents is 1. The van der Waals surface area contributed by atoms with Crippen LogP contribution in [0.2, 0.25) is 0 Å². The Morgan fingerprint density at radius 1 is 1.55 bits per heavy atom. The number of nitrogens with two attached hydrogens (primary N) is 1. The standard InChI is InChI=1S/C13H18N4O3/c1-8(9-3-4-9)16(2)13(18)11-7-10(15-14)5-6-12(11)17(19)20/h5-9,15H,3-4,14H2,1-2H3. The number of rotatable bonds is 5. The number of carbonyl (C=O) groups excluding carboxylic acids is 1. The largest absolute Gasteiger partial charge is 0.339 e. The summed E-state index contributed by atoms with van der Waals surface area (Å²) in [4.78, 5) is 24.5. The van der Waals surface area contributed by atoms with Crippen molar-refractivity contribution in [2.45, 2.75) is 25.8 Å². The summed E-state index contributed by atoms with van der Waals surface area (Å²) in [6.07, 6.45) is 2.20. The lowest BCUT2D eigenvalue weighted by Crippen LogP contribution is -2.36. The third-order valence-electron chi connectivity index (χ3n) is 3.83. The Kier molecular flexibility index (Phi) is 3.89. The molecule has 1 aromatic carbocycles. The van der Waals surface area contributed by atoms with Crippen LogP contribution in [0.15, 0.2) is 18.2 Å². The quantitative estimate of drug-likeness (QED) is 0.485. The number of hydrazine groups is 1. The number of nitro groups is 1. The molecule has 2 rings (SSSR count). The Morgan fingerprint density at radius 3 is 2.70 bits per heavy atom. The van der Waals surface area contributed by atoms with E-state index in [4.69, 9.17) is 5.84 Å². The molecule has 1 fully saturated rings. The number of carbonyl (C=O) groups is 1. The maximum atomic E-state index is 12.5. The van der Waals surface area contributed by atoms with Crippen molar-refractivity contribution in [1.29, 1.82) is 0 Å². The number of amides is 1. The van der Waals surface area contributed by atoms with Crippen molar-refractivity contribution < 1.29 is 9.72 Å². The van der Waals surface area contributed by atoms with Gasteiger partial charge in [0, 0.05) is 24.8 Å². The molecule has 108 valence electrons. The van der Waals surface area contributed by atoms with Crippen LogP contribution >= 0.6 is 0 Å². The Balaban J connectivity index is 2.33. The van der Waals surface area contributed by atoms with Gasteiger partial charge in [0.2, 0.25) is 0 Å². The predicted molar refractivity (Wildman–Crippen MR) is 75.2 cm³/mol. The van der Waals surface area contributed by atoms with Gasteiger partial charge in [0.15, 0.2) is 0 Å². The molecule has 1 aliphatic rings. The van der Waals surface area contributed by atoms with Crippen LogP contribution in [0, 0.1) is 16.0 Å². The molecule has 1 aliphatic carbocycles. The molecule has 0 radical (unpaired) electrons. The molecular weight excluding hydrogens is 260 g/mol. The van der Waals surface area contributed by atoms with E-state index in [2.05, 4.69) is 5.43 Å². The van der Waals surface area contributed by atoms with Crippen molar-refractivity contribution in [3.8, 4) is 0 Å². The van der Waals surface area contributed by atoms with Crippen molar-refractivity contribution in [3.63, 3.8) is 0 Å². The average molecular weight is 278 g/mol. The van der Waals surface area contributed by atoms with E-state index in [1.54, 1.807) is 11.9 Å². The van der Waals surface area contributed by atoms with Crippen molar-refractivity contribution in [2.24, 2.45) is 11.8 Å². The van der Waals surface area contributed by atoms with E-state index >= 15 is 0 Å². The van der Waals surface area contributed by atoms with Crippen LogP contribution in [0.5, 0.6) is 0 Å². The molecule has 7 heteroatoms. The highest BCUT2D eigenvalue weighted by Crippen LogP contribution is 2.35. The first-order valence-corrected chi connectivity index (χ1v) is 6.48. The van der Waals surface area contributed by atoms with E-state index in [1.165, 1.54) is 18.2 Å². The van der Waals surface area contributed by atoms with Crippen molar-refractivity contribution in [3.05, 3.63) is 33.9 Å². The number of benzene rings is 1. The van der Waals surface area contributed by atoms with Crippen LogP contribution < -0.4 is 11.3 Å². The summed E-state index contributed by atoms with van der Waals surface area (Å²) in [6, 6.07) is 4.25. The van der Waals surface area contributed by atoms with Gasteiger partial charge in [0.1, 0.15) is 5.56 Å². The smallest absolute Gasteiger partial charge is 0.282 e. The van der Waals surface area contributed by atoms with E-state index in [1.807, 2.05) is 6.92 Å². The van der Waals surface area contributed by atoms with Gasteiger partial charge in [-0.25, -0.2) is 0 Å².